The highest BCUT2D eigenvalue weighted by Crippen LogP contribution is 2.38. The SMILES string of the molecule is Cc1ccc(C)c(NC(=O)c2ccc([C@@H]3SCC(=O)N3CCc3ccccc3)cc2)c1. The summed E-state index contributed by atoms with van der Waals surface area (Å²) in [5.41, 5.74) is 5.85. The van der Waals surface area contributed by atoms with Crippen molar-refractivity contribution >= 4 is 29.3 Å². The van der Waals surface area contributed by atoms with E-state index in [1.165, 1.54) is 5.56 Å². The van der Waals surface area contributed by atoms with Crippen LogP contribution in [0.4, 0.5) is 5.69 Å². The molecule has 1 aliphatic heterocycles. The normalized spacial score (nSPS) is 15.9. The van der Waals surface area contributed by atoms with Crippen molar-refractivity contribution in [3.05, 3.63) is 101 Å². The molecule has 158 valence electrons. The average Bonchev–Trinajstić information content (AvgIpc) is 3.16. The predicted octanol–water partition coefficient (Wildman–Crippen LogP) is 5.37. The van der Waals surface area contributed by atoms with Gasteiger partial charge < -0.3 is 10.2 Å². The number of hydrogen-bond donors (Lipinski definition) is 1. The van der Waals surface area contributed by atoms with E-state index < -0.39 is 0 Å². The van der Waals surface area contributed by atoms with Crippen molar-refractivity contribution in [3.63, 3.8) is 0 Å². The van der Waals surface area contributed by atoms with E-state index in [9.17, 15) is 9.59 Å². The van der Waals surface area contributed by atoms with Crippen LogP contribution in [0.25, 0.3) is 0 Å². The number of nitrogens with one attached hydrogen (secondary N) is 1. The summed E-state index contributed by atoms with van der Waals surface area (Å²) in [6, 6.07) is 23.9. The Hall–Kier alpha value is -3.05. The number of carbonyl (C=O) groups is 2. The zero-order valence-corrected chi connectivity index (χ0v) is 18.6. The molecule has 0 radical (unpaired) electrons. The molecule has 0 saturated carbocycles. The highest BCUT2D eigenvalue weighted by Gasteiger charge is 2.32. The van der Waals surface area contributed by atoms with Gasteiger partial charge in [0.05, 0.1) is 5.75 Å². The highest BCUT2D eigenvalue weighted by atomic mass is 32.2. The first kappa shape index (κ1) is 21.2. The van der Waals surface area contributed by atoms with E-state index in [1.807, 2.05) is 79.4 Å². The van der Waals surface area contributed by atoms with E-state index in [0.29, 0.717) is 17.9 Å². The van der Waals surface area contributed by atoms with Crippen LogP contribution < -0.4 is 5.32 Å². The second-order valence-corrected chi connectivity index (χ2v) is 8.95. The van der Waals surface area contributed by atoms with E-state index in [4.69, 9.17) is 0 Å². The lowest BCUT2D eigenvalue weighted by molar-refractivity contribution is -0.128. The Labute approximate surface area is 187 Å². The van der Waals surface area contributed by atoms with Gasteiger partial charge in [0.25, 0.3) is 5.91 Å². The number of nitrogens with zero attached hydrogens (tertiary/aromatic N) is 1. The lowest BCUT2D eigenvalue weighted by atomic mass is 10.1. The molecule has 1 fully saturated rings. The van der Waals surface area contributed by atoms with Crippen LogP contribution in [-0.4, -0.2) is 29.0 Å². The zero-order valence-electron chi connectivity index (χ0n) is 17.8. The minimum atomic E-state index is -0.128. The number of aryl methyl sites for hydroxylation is 2. The van der Waals surface area contributed by atoms with E-state index in [2.05, 4.69) is 17.4 Å². The third-order valence-electron chi connectivity index (χ3n) is 5.55. The summed E-state index contributed by atoms with van der Waals surface area (Å²) in [6.07, 6.45) is 0.833. The predicted molar refractivity (Wildman–Crippen MR) is 127 cm³/mol. The summed E-state index contributed by atoms with van der Waals surface area (Å²) in [6.45, 7) is 4.68. The maximum atomic E-state index is 12.7. The van der Waals surface area contributed by atoms with Gasteiger partial charge >= 0.3 is 0 Å². The second-order valence-electron chi connectivity index (χ2n) is 7.88. The molecule has 1 aliphatic rings. The Balaban J connectivity index is 1.44. The summed E-state index contributed by atoms with van der Waals surface area (Å²) in [7, 11) is 0. The summed E-state index contributed by atoms with van der Waals surface area (Å²) < 4.78 is 0. The van der Waals surface area contributed by atoms with Gasteiger partial charge in [-0.1, -0.05) is 54.6 Å². The fraction of sp³-hybridized carbons (Fsp3) is 0.231. The van der Waals surface area contributed by atoms with Gasteiger partial charge in [-0.05, 0) is 60.7 Å². The largest absolute Gasteiger partial charge is 0.326 e. The highest BCUT2D eigenvalue weighted by molar-refractivity contribution is 8.00. The monoisotopic (exact) mass is 430 g/mol. The van der Waals surface area contributed by atoms with Crippen molar-refractivity contribution in [2.75, 3.05) is 17.6 Å². The molecule has 1 saturated heterocycles. The minimum Gasteiger partial charge on any atom is -0.326 e. The molecule has 0 aliphatic carbocycles. The molecule has 0 bridgehead atoms. The first-order valence-corrected chi connectivity index (χ1v) is 11.5. The molecule has 3 aromatic carbocycles. The Kier molecular flexibility index (Phi) is 6.42. The summed E-state index contributed by atoms with van der Waals surface area (Å²) >= 11 is 1.64. The van der Waals surface area contributed by atoms with Crippen LogP contribution in [0, 0.1) is 13.8 Å². The number of hydrogen-bond acceptors (Lipinski definition) is 3. The number of thioether (sulfide) groups is 1. The molecule has 5 heteroatoms. The van der Waals surface area contributed by atoms with Crippen molar-refractivity contribution in [1.29, 1.82) is 0 Å². The van der Waals surface area contributed by atoms with Crippen LogP contribution >= 0.6 is 11.8 Å². The first-order chi connectivity index (χ1) is 15.0. The molecule has 0 aromatic heterocycles. The molecule has 4 nitrogen and oxygen atoms in total. The molecular weight excluding hydrogens is 404 g/mol. The summed E-state index contributed by atoms with van der Waals surface area (Å²) in [5, 5.41) is 2.99. The molecule has 1 atom stereocenters. The number of rotatable bonds is 6. The van der Waals surface area contributed by atoms with Crippen LogP contribution in [0.15, 0.2) is 72.8 Å². The second kappa shape index (κ2) is 9.40. The minimum absolute atomic E-state index is 0.00709. The van der Waals surface area contributed by atoms with Crippen LogP contribution in [0.5, 0.6) is 0 Å². The quantitative estimate of drug-likeness (QED) is 0.572. The lowest BCUT2D eigenvalue weighted by Gasteiger charge is -2.24. The standard InChI is InChI=1S/C26H26N2O2S/c1-18-8-9-19(2)23(16-18)27-25(30)21-10-12-22(13-11-21)26-28(24(29)17-31-26)15-14-20-6-4-3-5-7-20/h3-13,16,26H,14-15,17H2,1-2H3,(H,27,30)/t26-/m0/s1. The van der Waals surface area contributed by atoms with Gasteiger partial charge in [-0.3, -0.25) is 9.59 Å². The van der Waals surface area contributed by atoms with Crippen molar-refractivity contribution in [1.82, 2.24) is 4.90 Å². The molecule has 0 unspecified atom stereocenters. The number of anilines is 1. The fourth-order valence-electron chi connectivity index (χ4n) is 3.73. The third kappa shape index (κ3) is 5.00. The maximum absolute atomic E-state index is 12.7. The van der Waals surface area contributed by atoms with E-state index in [1.54, 1.807) is 11.8 Å². The number of amides is 2. The molecule has 3 aromatic rings. The third-order valence-corrected chi connectivity index (χ3v) is 6.81. The fourth-order valence-corrected chi connectivity index (χ4v) is 4.95. The average molecular weight is 431 g/mol. The van der Waals surface area contributed by atoms with E-state index in [-0.39, 0.29) is 17.2 Å². The topological polar surface area (TPSA) is 49.4 Å². The lowest BCUT2D eigenvalue weighted by Crippen LogP contribution is -2.30. The molecule has 0 spiro atoms. The van der Waals surface area contributed by atoms with Gasteiger partial charge in [0.1, 0.15) is 5.37 Å². The van der Waals surface area contributed by atoms with Crippen LogP contribution in [0.3, 0.4) is 0 Å². The van der Waals surface area contributed by atoms with Crippen molar-refractivity contribution in [3.8, 4) is 0 Å². The van der Waals surface area contributed by atoms with Gasteiger partial charge in [0.2, 0.25) is 5.91 Å². The van der Waals surface area contributed by atoms with Gasteiger partial charge in [0, 0.05) is 17.8 Å². The smallest absolute Gasteiger partial charge is 0.255 e. The van der Waals surface area contributed by atoms with E-state index >= 15 is 0 Å². The van der Waals surface area contributed by atoms with Gasteiger partial charge in [-0.25, -0.2) is 0 Å². The Morgan fingerprint density at radius 2 is 1.77 bits per heavy atom. The molecule has 1 N–H and O–H groups in total. The summed E-state index contributed by atoms with van der Waals surface area (Å²) in [4.78, 5) is 27.1. The Morgan fingerprint density at radius 3 is 2.52 bits per heavy atom. The molecular formula is C26H26N2O2S. The maximum Gasteiger partial charge on any atom is 0.255 e. The van der Waals surface area contributed by atoms with Crippen molar-refractivity contribution in [2.24, 2.45) is 0 Å². The molecule has 2 amide bonds. The molecule has 1 heterocycles. The van der Waals surface area contributed by atoms with Crippen LogP contribution in [-0.2, 0) is 11.2 Å². The van der Waals surface area contributed by atoms with Gasteiger partial charge in [-0.15, -0.1) is 11.8 Å². The molecule has 4 rings (SSSR count). The van der Waals surface area contributed by atoms with Crippen molar-refractivity contribution < 1.29 is 9.59 Å². The number of carbonyl (C=O) groups excluding carboxylic acids is 2. The first-order valence-electron chi connectivity index (χ1n) is 10.4. The zero-order chi connectivity index (χ0) is 21.8. The Bertz CT molecular complexity index is 1080. The van der Waals surface area contributed by atoms with Crippen molar-refractivity contribution in [2.45, 2.75) is 25.6 Å². The molecule has 31 heavy (non-hydrogen) atoms. The van der Waals surface area contributed by atoms with Crippen LogP contribution in [0.1, 0.15) is 38.0 Å². The summed E-state index contributed by atoms with van der Waals surface area (Å²) in [5.74, 6) is 0.535. The van der Waals surface area contributed by atoms with Crippen LogP contribution in [0.2, 0.25) is 0 Å². The van der Waals surface area contributed by atoms with Gasteiger partial charge in [-0.2, -0.15) is 0 Å². The Morgan fingerprint density at radius 1 is 1.03 bits per heavy atom. The number of benzene rings is 3. The van der Waals surface area contributed by atoms with E-state index in [0.717, 1.165) is 28.8 Å². The van der Waals surface area contributed by atoms with Gasteiger partial charge in [0.15, 0.2) is 0 Å².